The molecule has 0 spiro atoms. The molecule has 2 heterocycles. The van der Waals surface area contributed by atoms with E-state index in [1.165, 1.54) is 22.0 Å². The van der Waals surface area contributed by atoms with E-state index in [1.54, 1.807) is 36.0 Å². The Kier molecular flexibility index (Phi) is 8.13. The van der Waals surface area contributed by atoms with Crippen molar-refractivity contribution in [3.05, 3.63) is 95.6 Å². The van der Waals surface area contributed by atoms with Crippen molar-refractivity contribution in [3.63, 3.8) is 0 Å². The average Bonchev–Trinajstić information content (AvgIpc) is 3.33. The number of amides is 2. The van der Waals surface area contributed by atoms with E-state index in [4.69, 9.17) is 4.74 Å². The Balaban J connectivity index is 1.21. The van der Waals surface area contributed by atoms with E-state index in [2.05, 4.69) is 17.4 Å². The van der Waals surface area contributed by atoms with Crippen LogP contribution in [0.3, 0.4) is 0 Å². The average molecular weight is 552 g/mol. The number of morpholine rings is 1. The highest BCUT2D eigenvalue weighted by Gasteiger charge is 2.32. The van der Waals surface area contributed by atoms with Gasteiger partial charge in [-0.15, -0.1) is 11.8 Å². The largest absolute Gasteiger partial charge is 0.379 e. The number of carbonyl (C=O) groups is 2. The predicted molar refractivity (Wildman–Crippen MR) is 147 cm³/mol. The maximum atomic E-state index is 12.8. The summed E-state index contributed by atoms with van der Waals surface area (Å²) in [5, 5.41) is 2.74. The topological polar surface area (TPSA) is 96.0 Å². The van der Waals surface area contributed by atoms with E-state index in [9.17, 15) is 18.0 Å². The molecule has 5 rings (SSSR count). The summed E-state index contributed by atoms with van der Waals surface area (Å²) in [5.41, 5.74) is 3.14. The third kappa shape index (κ3) is 5.94. The zero-order valence-corrected chi connectivity index (χ0v) is 22.4. The van der Waals surface area contributed by atoms with Gasteiger partial charge in [0, 0.05) is 30.9 Å². The molecule has 0 bridgehead atoms. The van der Waals surface area contributed by atoms with Crippen molar-refractivity contribution in [1.29, 1.82) is 0 Å². The molecule has 0 saturated carbocycles. The summed E-state index contributed by atoms with van der Waals surface area (Å²) in [7, 11) is -3.59. The molecule has 2 amide bonds. The van der Waals surface area contributed by atoms with Gasteiger partial charge in [0.15, 0.2) is 0 Å². The Morgan fingerprint density at radius 2 is 1.63 bits per heavy atom. The Morgan fingerprint density at radius 3 is 2.32 bits per heavy atom. The molecular formula is C28H29N3O5S2. The molecular weight excluding hydrogens is 522 g/mol. The minimum Gasteiger partial charge on any atom is -0.379 e. The van der Waals surface area contributed by atoms with Crippen LogP contribution in [0.5, 0.6) is 0 Å². The van der Waals surface area contributed by atoms with Crippen LogP contribution in [-0.4, -0.2) is 68.0 Å². The summed E-state index contributed by atoms with van der Waals surface area (Å²) >= 11 is 1.59. The number of carbonyl (C=O) groups excluding carboxylic acids is 2. The molecule has 3 aromatic rings. The smallest absolute Gasteiger partial charge is 0.255 e. The zero-order valence-electron chi connectivity index (χ0n) is 20.8. The SMILES string of the molecule is O=C(Nc1ccc(S(=O)(=O)N2CCOCC2)cc1)c1ccc([C@H]2SCC(=O)N2CCc2ccccc2)cc1. The number of anilines is 1. The first-order valence-electron chi connectivity index (χ1n) is 12.5. The zero-order chi connectivity index (χ0) is 26.5. The first-order valence-corrected chi connectivity index (χ1v) is 14.9. The van der Waals surface area contributed by atoms with Gasteiger partial charge in [-0.25, -0.2) is 8.42 Å². The molecule has 0 unspecified atom stereocenters. The van der Waals surface area contributed by atoms with E-state index in [0.717, 1.165) is 12.0 Å². The molecule has 2 aliphatic rings. The maximum Gasteiger partial charge on any atom is 0.255 e. The van der Waals surface area contributed by atoms with Gasteiger partial charge in [-0.05, 0) is 53.9 Å². The normalized spacial score (nSPS) is 18.5. The highest BCUT2D eigenvalue weighted by molar-refractivity contribution is 8.00. The van der Waals surface area contributed by atoms with Crippen LogP contribution in [0.4, 0.5) is 5.69 Å². The van der Waals surface area contributed by atoms with Crippen molar-refractivity contribution >= 4 is 39.3 Å². The van der Waals surface area contributed by atoms with Crippen molar-refractivity contribution < 1.29 is 22.7 Å². The second-order valence-electron chi connectivity index (χ2n) is 9.10. The maximum absolute atomic E-state index is 12.8. The van der Waals surface area contributed by atoms with Crippen molar-refractivity contribution in [2.75, 3.05) is 43.9 Å². The second kappa shape index (κ2) is 11.7. The highest BCUT2D eigenvalue weighted by Crippen LogP contribution is 2.38. The highest BCUT2D eigenvalue weighted by atomic mass is 32.2. The van der Waals surface area contributed by atoms with E-state index < -0.39 is 10.0 Å². The Hall–Kier alpha value is -3.18. The fraction of sp³-hybridized carbons (Fsp3) is 0.286. The van der Waals surface area contributed by atoms with Gasteiger partial charge in [0.05, 0.1) is 23.9 Å². The minimum absolute atomic E-state index is 0.0794. The fourth-order valence-electron chi connectivity index (χ4n) is 4.51. The molecule has 38 heavy (non-hydrogen) atoms. The van der Waals surface area contributed by atoms with Crippen molar-refractivity contribution in [3.8, 4) is 0 Å². The third-order valence-corrected chi connectivity index (χ3v) is 9.80. The summed E-state index contributed by atoms with van der Waals surface area (Å²) in [6.07, 6.45) is 0.788. The summed E-state index contributed by atoms with van der Waals surface area (Å²) in [4.78, 5) is 27.4. The number of nitrogens with one attached hydrogen (secondary N) is 1. The van der Waals surface area contributed by atoms with Crippen molar-refractivity contribution in [2.45, 2.75) is 16.7 Å². The number of rotatable bonds is 8. The number of hydrogen-bond donors (Lipinski definition) is 1. The Bertz CT molecular complexity index is 1370. The lowest BCUT2D eigenvalue weighted by Gasteiger charge is -2.26. The van der Waals surface area contributed by atoms with Crippen LogP contribution in [0.15, 0.2) is 83.8 Å². The van der Waals surface area contributed by atoms with Crippen LogP contribution in [-0.2, 0) is 26.0 Å². The van der Waals surface area contributed by atoms with Crippen molar-refractivity contribution in [2.24, 2.45) is 0 Å². The lowest BCUT2D eigenvalue weighted by Crippen LogP contribution is -2.40. The van der Waals surface area contributed by atoms with Crippen LogP contribution < -0.4 is 5.32 Å². The lowest BCUT2D eigenvalue weighted by atomic mass is 10.1. The molecule has 3 aromatic carbocycles. The van der Waals surface area contributed by atoms with Crippen LogP contribution in [0.2, 0.25) is 0 Å². The van der Waals surface area contributed by atoms with Gasteiger partial charge in [0.25, 0.3) is 5.91 Å². The van der Waals surface area contributed by atoms with Crippen LogP contribution in [0, 0.1) is 0 Å². The van der Waals surface area contributed by atoms with Crippen LogP contribution in [0.25, 0.3) is 0 Å². The van der Waals surface area contributed by atoms with Gasteiger partial charge in [-0.3, -0.25) is 9.59 Å². The molecule has 1 atom stereocenters. The van der Waals surface area contributed by atoms with Crippen molar-refractivity contribution in [1.82, 2.24) is 9.21 Å². The number of nitrogens with zero attached hydrogens (tertiary/aromatic N) is 2. The number of ether oxygens (including phenoxy) is 1. The number of thioether (sulfide) groups is 1. The van der Waals surface area contributed by atoms with Gasteiger partial charge in [0.2, 0.25) is 15.9 Å². The standard InChI is InChI=1S/C28H29N3O5S2/c32-26-20-37-28(31(26)15-14-21-4-2-1-3-5-21)23-8-6-22(7-9-23)27(33)29-24-10-12-25(13-11-24)38(34,35)30-16-18-36-19-17-30/h1-13,28H,14-20H2,(H,29,33)/t28-/m1/s1. The first-order chi connectivity index (χ1) is 18.4. The molecule has 10 heteroatoms. The van der Waals surface area contributed by atoms with Gasteiger partial charge in [-0.1, -0.05) is 42.5 Å². The fourth-order valence-corrected chi connectivity index (χ4v) is 7.14. The van der Waals surface area contributed by atoms with Gasteiger partial charge >= 0.3 is 0 Å². The summed E-state index contributed by atoms with van der Waals surface area (Å²) in [6.45, 7) is 2.06. The lowest BCUT2D eigenvalue weighted by molar-refractivity contribution is -0.128. The second-order valence-corrected chi connectivity index (χ2v) is 12.1. The van der Waals surface area contributed by atoms with Gasteiger partial charge in [-0.2, -0.15) is 4.31 Å². The number of hydrogen-bond acceptors (Lipinski definition) is 6. The predicted octanol–water partition coefficient (Wildman–Crippen LogP) is 3.78. The number of sulfonamides is 1. The molecule has 198 valence electrons. The molecule has 0 aliphatic carbocycles. The molecule has 2 saturated heterocycles. The Morgan fingerprint density at radius 1 is 0.947 bits per heavy atom. The molecule has 0 aromatic heterocycles. The quantitative estimate of drug-likeness (QED) is 0.458. The van der Waals surface area contributed by atoms with E-state index in [1.807, 2.05) is 35.2 Å². The first kappa shape index (κ1) is 26.4. The van der Waals surface area contributed by atoms with Crippen LogP contribution >= 0.6 is 11.8 Å². The monoisotopic (exact) mass is 551 g/mol. The third-order valence-electron chi connectivity index (χ3n) is 6.63. The summed E-state index contributed by atoms with van der Waals surface area (Å²) in [6, 6.07) is 23.6. The van der Waals surface area contributed by atoms with Crippen LogP contribution in [0.1, 0.15) is 26.9 Å². The minimum atomic E-state index is -3.59. The molecule has 2 fully saturated rings. The summed E-state index contributed by atoms with van der Waals surface area (Å²) < 4.78 is 32.2. The molecule has 2 aliphatic heterocycles. The molecule has 1 N–H and O–H groups in total. The molecule has 0 radical (unpaired) electrons. The van der Waals surface area contributed by atoms with Gasteiger partial charge < -0.3 is 15.0 Å². The van der Waals surface area contributed by atoms with E-state index >= 15 is 0 Å². The van der Waals surface area contributed by atoms with E-state index in [0.29, 0.717) is 49.9 Å². The summed E-state index contributed by atoms with van der Waals surface area (Å²) in [5.74, 6) is 0.270. The Labute approximate surface area is 227 Å². The number of benzene rings is 3. The van der Waals surface area contributed by atoms with E-state index in [-0.39, 0.29) is 22.1 Å². The molecule has 8 nitrogen and oxygen atoms in total. The van der Waals surface area contributed by atoms with Gasteiger partial charge in [0.1, 0.15) is 5.37 Å².